The number of rotatable bonds is 4. The number of hydrogen-bond acceptors (Lipinski definition) is 6. The van der Waals surface area contributed by atoms with E-state index in [0.29, 0.717) is 22.6 Å². The Morgan fingerprint density at radius 1 is 1.12 bits per heavy atom. The number of nitrogen functional groups attached to an aromatic ring is 3. The van der Waals surface area contributed by atoms with Crippen LogP contribution in [0.3, 0.4) is 0 Å². The maximum Gasteiger partial charge on any atom is 0.313 e. The Bertz CT molecular complexity index is 458. The lowest BCUT2D eigenvalue weighted by Crippen LogP contribution is -2.13. The maximum absolute atomic E-state index is 11.5. The van der Waals surface area contributed by atoms with Crippen molar-refractivity contribution in [2.45, 2.75) is 12.8 Å². The van der Waals surface area contributed by atoms with Crippen molar-refractivity contribution in [3.05, 3.63) is 17.7 Å². The van der Waals surface area contributed by atoms with E-state index in [1.807, 2.05) is 0 Å². The van der Waals surface area contributed by atoms with Gasteiger partial charge in [-0.05, 0) is 17.7 Å². The minimum atomic E-state index is -0.572. The highest BCUT2D eigenvalue weighted by Crippen LogP contribution is 2.23. The van der Waals surface area contributed by atoms with Gasteiger partial charge < -0.3 is 21.9 Å². The number of carbonyl (C=O) groups excluding carboxylic acids is 2. The molecule has 0 fully saturated rings. The fraction of sp³-hybridized carbons (Fsp3) is 0.273. The maximum atomic E-state index is 11.5. The fourth-order valence-corrected chi connectivity index (χ4v) is 1.36. The predicted octanol–water partition coefficient (Wildman–Crippen LogP) is 0.108. The molecule has 0 heterocycles. The Labute approximate surface area is 98.7 Å². The van der Waals surface area contributed by atoms with Gasteiger partial charge in [0.05, 0.1) is 18.5 Å². The first-order chi connectivity index (χ1) is 7.93. The minimum Gasteiger partial charge on any atom is -0.469 e. The van der Waals surface area contributed by atoms with Gasteiger partial charge in [0.2, 0.25) is 0 Å². The molecule has 0 aliphatic carbocycles. The first-order valence-electron chi connectivity index (χ1n) is 4.96. The monoisotopic (exact) mass is 237 g/mol. The fourth-order valence-electron chi connectivity index (χ4n) is 1.36. The molecule has 0 spiro atoms. The van der Waals surface area contributed by atoms with Crippen molar-refractivity contribution in [2.75, 3.05) is 24.3 Å². The molecule has 0 aliphatic heterocycles. The van der Waals surface area contributed by atoms with Gasteiger partial charge in [-0.1, -0.05) is 0 Å². The van der Waals surface area contributed by atoms with Gasteiger partial charge in [-0.15, -0.1) is 0 Å². The van der Waals surface area contributed by atoms with Crippen molar-refractivity contribution < 1.29 is 14.3 Å². The van der Waals surface area contributed by atoms with E-state index in [1.54, 1.807) is 6.07 Å². The second kappa shape index (κ2) is 5.20. The van der Waals surface area contributed by atoms with Gasteiger partial charge in [-0.25, -0.2) is 0 Å². The van der Waals surface area contributed by atoms with Crippen LogP contribution in [0.4, 0.5) is 17.1 Å². The van der Waals surface area contributed by atoms with Crippen molar-refractivity contribution in [3.63, 3.8) is 0 Å². The summed E-state index contributed by atoms with van der Waals surface area (Å²) in [6.45, 7) is 0. The number of ether oxygens (including phenoxy) is 1. The Kier molecular flexibility index (Phi) is 3.92. The molecule has 0 saturated heterocycles. The normalized spacial score (nSPS) is 9.94. The average molecular weight is 237 g/mol. The number of methoxy groups -OCH3 is 1. The third-order valence-corrected chi connectivity index (χ3v) is 2.30. The molecule has 0 atom stereocenters. The quantitative estimate of drug-likeness (QED) is 0.388. The van der Waals surface area contributed by atoms with Gasteiger partial charge in [-0.3, -0.25) is 9.59 Å². The molecule has 0 radical (unpaired) electrons. The van der Waals surface area contributed by atoms with E-state index in [-0.39, 0.29) is 18.6 Å². The van der Waals surface area contributed by atoms with Crippen LogP contribution < -0.4 is 17.2 Å². The van der Waals surface area contributed by atoms with Crippen LogP contribution in [-0.2, 0) is 20.7 Å². The van der Waals surface area contributed by atoms with Crippen LogP contribution in [0.2, 0.25) is 0 Å². The van der Waals surface area contributed by atoms with E-state index >= 15 is 0 Å². The number of ketones is 1. The summed E-state index contributed by atoms with van der Waals surface area (Å²) in [7, 11) is 1.23. The summed E-state index contributed by atoms with van der Waals surface area (Å²) in [5.41, 5.74) is 18.5. The summed E-state index contributed by atoms with van der Waals surface area (Å²) < 4.78 is 4.40. The zero-order valence-electron chi connectivity index (χ0n) is 9.53. The molecule has 1 aromatic carbocycles. The summed E-state index contributed by atoms with van der Waals surface area (Å²) >= 11 is 0. The number of carbonyl (C=O) groups is 2. The van der Waals surface area contributed by atoms with E-state index < -0.39 is 5.97 Å². The first kappa shape index (κ1) is 12.8. The lowest BCUT2D eigenvalue weighted by Gasteiger charge is -2.08. The van der Waals surface area contributed by atoms with E-state index in [9.17, 15) is 9.59 Å². The molecule has 6 nitrogen and oxygen atoms in total. The lowest BCUT2D eigenvalue weighted by atomic mass is 10.0. The molecular weight excluding hydrogens is 222 g/mol. The summed E-state index contributed by atoms with van der Waals surface area (Å²) in [5, 5.41) is 0. The molecule has 92 valence electrons. The van der Waals surface area contributed by atoms with Crippen LogP contribution in [0.25, 0.3) is 0 Å². The highest BCUT2D eigenvalue weighted by Gasteiger charge is 2.13. The molecule has 0 bridgehead atoms. The van der Waals surface area contributed by atoms with Gasteiger partial charge >= 0.3 is 5.97 Å². The molecule has 0 aliphatic rings. The summed E-state index contributed by atoms with van der Waals surface area (Å²) in [6, 6.07) is 3.04. The molecule has 17 heavy (non-hydrogen) atoms. The van der Waals surface area contributed by atoms with Gasteiger partial charge in [0.1, 0.15) is 12.2 Å². The second-order valence-electron chi connectivity index (χ2n) is 3.65. The number of Topliss-reactive ketones (excluding diaryl/α,β-unsaturated/α-hetero) is 1. The SMILES string of the molecule is COC(=O)CC(=O)Cc1cc(N)c(N)cc1N. The molecule has 6 heteroatoms. The summed E-state index contributed by atoms with van der Waals surface area (Å²) in [4.78, 5) is 22.4. The van der Waals surface area contributed by atoms with E-state index in [0.717, 1.165) is 0 Å². The van der Waals surface area contributed by atoms with E-state index in [4.69, 9.17) is 17.2 Å². The molecule has 0 saturated carbocycles. The molecule has 0 unspecified atom stereocenters. The number of nitrogens with two attached hydrogens (primary N) is 3. The molecule has 1 aromatic rings. The minimum absolute atomic E-state index is 0.0331. The smallest absolute Gasteiger partial charge is 0.313 e. The van der Waals surface area contributed by atoms with E-state index in [1.165, 1.54) is 13.2 Å². The number of anilines is 3. The molecule has 0 aromatic heterocycles. The topological polar surface area (TPSA) is 121 Å². The Morgan fingerprint density at radius 2 is 1.71 bits per heavy atom. The van der Waals surface area contributed by atoms with Gasteiger partial charge in [-0.2, -0.15) is 0 Å². The van der Waals surface area contributed by atoms with Crippen LogP contribution >= 0.6 is 0 Å². The Morgan fingerprint density at radius 3 is 2.29 bits per heavy atom. The summed E-state index contributed by atoms with van der Waals surface area (Å²) in [5.74, 6) is -0.857. The number of benzene rings is 1. The van der Waals surface area contributed by atoms with Gasteiger partial charge in [0.25, 0.3) is 0 Å². The third-order valence-electron chi connectivity index (χ3n) is 2.30. The van der Waals surface area contributed by atoms with E-state index in [2.05, 4.69) is 4.74 Å². The third kappa shape index (κ3) is 3.37. The van der Waals surface area contributed by atoms with Crippen molar-refractivity contribution >= 4 is 28.8 Å². The molecule has 6 N–H and O–H groups in total. The van der Waals surface area contributed by atoms with Crippen LogP contribution in [0.1, 0.15) is 12.0 Å². The number of esters is 1. The van der Waals surface area contributed by atoms with Crippen molar-refractivity contribution in [1.82, 2.24) is 0 Å². The van der Waals surface area contributed by atoms with Crippen LogP contribution in [-0.4, -0.2) is 18.9 Å². The molecule has 1 rings (SSSR count). The molecule has 0 amide bonds. The standard InChI is InChI=1S/C11H15N3O3/c1-17-11(16)4-7(15)2-6-3-9(13)10(14)5-8(6)12/h3,5H,2,4,12-14H2,1H3. The van der Waals surface area contributed by atoms with Gasteiger partial charge in [0, 0.05) is 12.1 Å². The Balaban J connectivity index is 2.78. The highest BCUT2D eigenvalue weighted by atomic mass is 16.5. The highest BCUT2D eigenvalue weighted by molar-refractivity contribution is 5.97. The van der Waals surface area contributed by atoms with Gasteiger partial charge in [0.15, 0.2) is 0 Å². The van der Waals surface area contributed by atoms with Crippen LogP contribution in [0, 0.1) is 0 Å². The average Bonchev–Trinajstić information content (AvgIpc) is 2.25. The second-order valence-corrected chi connectivity index (χ2v) is 3.65. The largest absolute Gasteiger partial charge is 0.469 e. The van der Waals surface area contributed by atoms with Crippen LogP contribution in [0.15, 0.2) is 12.1 Å². The number of hydrogen-bond donors (Lipinski definition) is 3. The van der Waals surface area contributed by atoms with Crippen molar-refractivity contribution in [2.24, 2.45) is 0 Å². The summed E-state index contributed by atoms with van der Waals surface area (Å²) in [6.07, 6.45) is -0.244. The van der Waals surface area contributed by atoms with Crippen molar-refractivity contribution in [1.29, 1.82) is 0 Å². The predicted molar refractivity (Wildman–Crippen MR) is 65.0 cm³/mol. The Hall–Kier alpha value is -2.24. The van der Waals surface area contributed by atoms with Crippen LogP contribution in [0.5, 0.6) is 0 Å². The van der Waals surface area contributed by atoms with Crippen molar-refractivity contribution in [3.8, 4) is 0 Å². The first-order valence-corrected chi connectivity index (χ1v) is 4.96. The zero-order valence-corrected chi connectivity index (χ0v) is 9.53. The molecular formula is C11H15N3O3. The lowest BCUT2D eigenvalue weighted by molar-refractivity contribution is -0.143. The zero-order chi connectivity index (χ0) is 13.0.